The summed E-state index contributed by atoms with van der Waals surface area (Å²) in [5.74, 6) is 0.800. The van der Waals surface area contributed by atoms with Gasteiger partial charge in [-0.3, -0.25) is 0 Å². The summed E-state index contributed by atoms with van der Waals surface area (Å²) in [7, 11) is 0. The molecule has 0 aromatic rings. The molecule has 0 radical (unpaired) electrons. The van der Waals surface area contributed by atoms with Crippen molar-refractivity contribution >= 4 is 6.09 Å². The minimum absolute atomic E-state index is 0.161. The maximum Gasteiger partial charge on any atom is 0.410 e. The van der Waals surface area contributed by atoms with E-state index in [0.717, 1.165) is 31.8 Å². The number of hydrogen-bond acceptors (Lipinski definition) is 3. The van der Waals surface area contributed by atoms with E-state index < -0.39 is 5.60 Å². The molecule has 2 aliphatic rings. The molecule has 1 amide bonds. The van der Waals surface area contributed by atoms with Crippen molar-refractivity contribution in [3.05, 3.63) is 0 Å². The summed E-state index contributed by atoms with van der Waals surface area (Å²) < 4.78 is 5.52. The number of nitrogens with zero attached hydrogens (tertiary/aromatic N) is 1. The number of ether oxygens (including phenoxy) is 1. The highest BCUT2D eigenvalue weighted by Crippen LogP contribution is 2.26. The van der Waals surface area contributed by atoms with Crippen molar-refractivity contribution < 1.29 is 9.53 Å². The van der Waals surface area contributed by atoms with E-state index >= 15 is 0 Å². The van der Waals surface area contributed by atoms with Crippen LogP contribution in [0.25, 0.3) is 0 Å². The van der Waals surface area contributed by atoms with Gasteiger partial charge in [0.25, 0.3) is 0 Å². The smallest absolute Gasteiger partial charge is 0.410 e. The summed E-state index contributed by atoms with van der Waals surface area (Å²) in [6, 6.07) is 0.964. The van der Waals surface area contributed by atoms with E-state index in [-0.39, 0.29) is 6.09 Å². The van der Waals surface area contributed by atoms with Crippen LogP contribution >= 0.6 is 0 Å². The highest BCUT2D eigenvalue weighted by molar-refractivity contribution is 5.68. The Bertz CT molecular complexity index is 370. The van der Waals surface area contributed by atoms with Crippen molar-refractivity contribution in [1.82, 2.24) is 10.2 Å². The van der Waals surface area contributed by atoms with Gasteiger partial charge in [0, 0.05) is 25.2 Å². The van der Waals surface area contributed by atoms with Gasteiger partial charge in [0.2, 0.25) is 0 Å². The monoisotopic (exact) mass is 324 g/mol. The van der Waals surface area contributed by atoms with E-state index in [1.54, 1.807) is 0 Å². The lowest BCUT2D eigenvalue weighted by atomic mass is 9.91. The lowest BCUT2D eigenvalue weighted by Crippen LogP contribution is -2.52. The van der Waals surface area contributed by atoms with E-state index in [9.17, 15) is 4.79 Å². The first kappa shape index (κ1) is 18.6. The van der Waals surface area contributed by atoms with E-state index in [1.165, 1.54) is 38.5 Å². The normalized spacial score (nSPS) is 25.7. The highest BCUT2D eigenvalue weighted by Gasteiger charge is 2.29. The average molecular weight is 325 g/mol. The standard InChI is InChI=1S/C19H36N2O2/c1-15(16-10-7-5-6-8-11-16)20-17-12-9-13-21(14-17)18(22)23-19(2,3)4/h15-17,20H,5-14H2,1-4H3/t15-,17?/m0/s1. The highest BCUT2D eigenvalue weighted by atomic mass is 16.6. The summed E-state index contributed by atoms with van der Waals surface area (Å²) in [6.07, 6.45) is 10.3. The Morgan fingerprint density at radius 3 is 2.35 bits per heavy atom. The van der Waals surface area contributed by atoms with Crippen molar-refractivity contribution in [2.75, 3.05) is 13.1 Å². The molecule has 1 heterocycles. The zero-order chi connectivity index (χ0) is 16.9. The van der Waals surface area contributed by atoms with Gasteiger partial charge < -0.3 is 15.0 Å². The summed E-state index contributed by atoms with van der Waals surface area (Å²) in [4.78, 5) is 14.1. The quantitative estimate of drug-likeness (QED) is 0.785. The van der Waals surface area contributed by atoms with Gasteiger partial charge in [-0.1, -0.05) is 25.7 Å². The van der Waals surface area contributed by atoms with Crippen LogP contribution in [0.4, 0.5) is 4.79 Å². The lowest BCUT2D eigenvalue weighted by Gasteiger charge is -2.37. The van der Waals surface area contributed by atoms with Gasteiger partial charge in [0.05, 0.1) is 0 Å². The Labute approximate surface area is 142 Å². The zero-order valence-electron chi connectivity index (χ0n) is 15.6. The molecule has 0 bridgehead atoms. The second kappa shape index (κ2) is 8.36. The van der Waals surface area contributed by atoms with Crippen LogP contribution in [-0.4, -0.2) is 41.8 Å². The Balaban J connectivity index is 1.82. The molecule has 0 spiro atoms. The molecule has 1 aliphatic heterocycles. The molecular formula is C19H36N2O2. The largest absolute Gasteiger partial charge is 0.444 e. The molecule has 1 saturated carbocycles. The molecule has 0 aromatic heterocycles. The molecule has 23 heavy (non-hydrogen) atoms. The Hall–Kier alpha value is -0.770. The summed E-state index contributed by atoms with van der Waals surface area (Å²) >= 11 is 0. The third-order valence-electron chi connectivity index (χ3n) is 5.18. The number of carbonyl (C=O) groups is 1. The third kappa shape index (κ3) is 6.33. The topological polar surface area (TPSA) is 41.6 Å². The molecule has 2 atom stereocenters. The molecule has 0 aromatic carbocycles. The number of piperidine rings is 1. The summed E-state index contributed by atoms with van der Waals surface area (Å²) in [5.41, 5.74) is -0.412. The van der Waals surface area contributed by atoms with E-state index in [1.807, 2.05) is 25.7 Å². The minimum atomic E-state index is -0.412. The van der Waals surface area contributed by atoms with Crippen LogP contribution in [0, 0.1) is 5.92 Å². The minimum Gasteiger partial charge on any atom is -0.444 e. The van der Waals surface area contributed by atoms with Crippen LogP contribution in [-0.2, 0) is 4.74 Å². The predicted octanol–water partition coefficient (Wildman–Crippen LogP) is 4.33. The van der Waals surface area contributed by atoms with Crippen LogP contribution in [0.15, 0.2) is 0 Å². The van der Waals surface area contributed by atoms with Crippen molar-refractivity contribution in [1.29, 1.82) is 0 Å². The molecule has 1 aliphatic carbocycles. The number of nitrogens with one attached hydrogen (secondary N) is 1. The Morgan fingerprint density at radius 1 is 1.09 bits per heavy atom. The van der Waals surface area contributed by atoms with Gasteiger partial charge in [0.15, 0.2) is 0 Å². The van der Waals surface area contributed by atoms with Crippen LogP contribution in [0.1, 0.15) is 79.1 Å². The number of carbonyl (C=O) groups excluding carboxylic acids is 1. The molecule has 1 N–H and O–H groups in total. The van der Waals surface area contributed by atoms with Crippen LogP contribution in [0.2, 0.25) is 0 Å². The lowest BCUT2D eigenvalue weighted by molar-refractivity contribution is 0.0180. The molecule has 4 nitrogen and oxygen atoms in total. The SMILES string of the molecule is C[C@H](NC1CCCN(C(=O)OC(C)(C)C)C1)C1CCCCCC1. The van der Waals surface area contributed by atoms with Crippen LogP contribution in [0.3, 0.4) is 0 Å². The van der Waals surface area contributed by atoms with Gasteiger partial charge in [-0.25, -0.2) is 4.79 Å². The van der Waals surface area contributed by atoms with Gasteiger partial charge in [-0.2, -0.15) is 0 Å². The molecule has 134 valence electrons. The number of likely N-dealkylation sites (tertiary alicyclic amines) is 1. The van der Waals surface area contributed by atoms with Crippen molar-refractivity contribution in [3.8, 4) is 0 Å². The van der Waals surface area contributed by atoms with Crippen molar-refractivity contribution in [2.24, 2.45) is 5.92 Å². The zero-order valence-corrected chi connectivity index (χ0v) is 15.6. The van der Waals surface area contributed by atoms with E-state index in [0.29, 0.717) is 12.1 Å². The maximum atomic E-state index is 12.3. The Morgan fingerprint density at radius 2 is 1.74 bits per heavy atom. The first-order valence-electron chi connectivity index (χ1n) is 9.59. The van der Waals surface area contributed by atoms with Crippen LogP contribution in [0.5, 0.6) is 0 Å². The van der Waals surface area contributed by atoms with Gasteiger partial charge in [0.1, 0.15) is 5.60 Å². The van der Waals surface area contributed by atoms with Crippen molar-refractivity contribution in [3.63, 3.8) is 0 Å². The van der Waals surface area contributed by atoms with Gasteiger partial charge >= 0.3 is 6.09 Å². The number of rotatable bonds is 3. The Kier molecular flexibility index (Phi) is 6.75. The summed E-state index contributed by atoms with van der Waals surface area (Å²) in [5, 5.41) is 3.81. The third-order valence-corrected chi connectivity index (χ3v) is 5.18. The molecule has 4 heteroatoms. The molecule has 2 rings (SSSR count). The molecular weight excluding hydrogens is 288 g/mol. The summed E-state index contributed by atoms with van der Waals surface area (Å²) in [6.45, 7) is 9.73. The van der Waals surface area contributed by atoms with Gasteiger partial charge in [-0.05, 0) is 59.3 Å². The predicted molar refractivity (Wildman–Crippen MR) is 94.6 cm³/mol. The first-order valence-corrected chi connectivity index (χ1v) is 9.59. The van der Waals surface area contributed by atoms with Gasteiger partial charge in [-0.15, -0.1) is 0 Å². The molecule has 2 fully saturated rings. The van der Waals surface area contributed by atoms with Crippen molar-refractivity contribution in [2.45, 2.75) is 96.7 Å². The average Bonchev–Trinajstić information content (AvgIpc) is 2.75. The molecule has 1 saturated heterocycles. The van der Waals surface area contributed by atoms with E-state index in [4.69, 9.17) is 4.74 Å². The fraction of sp³-hybridized carbons (Fsp3) is 0.947. The first-order chi connectivity index (χ1) is 10.8. The second-order valence-electron chi connectivity index (χ2n) is 8.47. The second-order valence-corrected chi connectivity index (χ2v) is 8.47. The fourth-order valence-corrected chi connectivity index (χ4v) is 3.92. The van der Waals surface area contributed by atoms with Crippen LogP contribution < -0.4 is 5.32 Å². The van der Waals surface area contributed by atoms with E-state index in [2.05, 4.69) is 12.2 Å². The fourth-order valence-electron chi connectivity index (χ4n) is 3.92. The maximum absolute atomic E-state index is 12.3. The number of amides is 1. The molecule has 1 unspecified atom stereocenters. The number of hydrogen-bond donors (Lipinski definition) is 1.